The van der Waals surface area contributed by atoms with Crippen molar-refractivity contribution < 1.29 is 14.4 Å². The van der Waals surface area contributed by atoms with Gasteiger partial charge in [0.15, 0.2) is 0 Å². The predicted molar refractivity (Wildman–Crippen MR) is 96.1 cm³/mol. The third kappa shape index (κ3) is 2.26. The molecule has 2 bridgehead atoms. The first-order valence-corrected chi connectivity index (χ1v) is 9.52. The molecular formula is C20H19ClN2O3. The van der Waals surface area contributed by atoms with Crippen LogP contribution in [0.3, 0.4) is 0 Å². The summed E-state index contributed by atoms with van der Waals surface area (Å²) in [6.45, 7) is 0.135. The third-order valence-corrected chi connectivity index (χ3v) is 6.79. The van der Waals surface area contributed by atoms with Crippen LogP contribution in [0.1, 0.15) is 12.8 Å². The van der Waals surface area contributed by atoms with Gasteiger partial charge in [0.25, 0.3) is 0 Å². The molecule has 5 nitrogen and oxygen atoms in total. The van der Waals surface area contributed by atoms with Gasteiger partial charge >= 0.3 is 0 Å². The number of nitrogens with one attached hydrogen (secondary N) is 1. The van der Waals surface area contributed by atoms with Gasteiger partial charge in [0.05, 0.1) is 22.5 Å². The normalized spacial score (nSPS) is 36.1. The minimum Gasteiger partial charge on any atom is -0.325 e. The molecule has 134 valence electrons. The Kier molecular flexibility index (Phi) is 3.51. The van der Waals surface area contributed by atoms with Gasteiger partial charge in [-0.15, -0.1) is 0 Å². The van der Waals surface area contributed by atoms with E-state index < -0.39 is 0 Å². The predicted octanol–water partition coefficient (Wildman–Crippen LogP) is 2.72. The fourth-order valence-electron chi connectivity index (χ4n) is 5.23. The maximum absolute atomic E-state index is 12.8. The highest BCUT2D eigenvalue weighted by atomic mass is 35.5. The largest absolute Gasteiger partial charge is 0.325 e. The smallest absolute Gasteiger partial charge is 0.233 e. The summed E-state index contributed by atoms with van der Waals surface area (Å²) in [6.07, 6.45) is 5.53. The third-order valence-electron chi connectivity index (χ3n) is 6.46. The van der Waals surface area contributed by atoms with E-state index in [4.69, 9.17) is 11.6 Å². The number of anilines is 1. The van der Waals surface area contributed by atoms with E-state index in [1.807, 2.05) is 0 Å². The van der Waals surface area contributed by atoms with Crippen LogP contribution in [-0.2, 0) is 14.4 Å². The average Bonchev–Trinajstić information content (AvgIpc) is 3.41. The Morgan fingerprint density at radius 1 is 1.08 bits per heavy atom. The number of amides is 3. The quantitative estimate of drug-likeness (QED) is 0.654. The number of imide groups is 1. The first-order chi connectivity index (χ1) is 12.6. The highest BCUT2D eigenvalue weighted by Gasteiger charge is 2.66. The first kappa shape index (κ1) is 16.1. The summed E-state index contributed by atoms with van der Waals surface area (Å²) in [5.74, 6) is 0.781. The van der Waals surface area contributed by atoms with Gasteiger partial charge in [-0.2, -0.15) is 0 Å². The monoisotopic (exact) mass is 370 g/mol. The SMILES string of the molecule is O=C(CCN1C(=O)[C@@H]2[C@H]3C=C[C@@H]([C@@H]4C[C@@H]34)[C@@H]2C1=O)Nc1ccccc1Cl. The lowest BCUT2D eigenvalue weighted by atomic mass is 9.63. The molecule has 1 aromatic rings. The number of hydrogen-bond donors (Lipinski definition) is 1. The van der Waals surface area contributed by atoms with Crippen LogP contribution in [0.15, 0.2) is 36.4 Å². The van der Waals surface area contributed by atoms with Crippen LogP contribution in [0.5, 0.6) is 0 Å². The van der Waals surface area contributed by atoms with E-state index in [-0.39, 0.29) is 54.4 Å². The Morgan fingerprint density at radius 3 is 2.31 bits per heavy atom. The van der Waals surface area contributed by atoms with Gasteiger partial charge in [0, 0.05) is 13.0 Å². The Bertz CT molecular complexity index is 815. The number of allylic oxidation sites excluding steroid dienone is 2. The number of benzene rings is 1. The van der Waals surface area contributed by atoms with Crippen molar-refractivity contribution in [2.24, 2.45) is 35.5 Å². The molecule has 1 heterocycles. The van der Waals surface area contributed by atoms with Gasteiger partial charge in [-0.25, -0.2) is 0 Å². The van der Waals surface area contributed by atoms with Crippen molar-refractivity contribution in [1.29, 1.82) is 0 Å². The van der Waals surface area contributed by atoms with Crippen molar-refractivity contribution in [3.8, 4) is 0 Å². The second kappa shape index (κ2) is 5.68. The van der Waals surface area contributed by atoms with Crippen LogP contribution < -0.4 is 5.32 Å². The van der Waals surface area contributed by atoms with Gasteiger partial charge in [0.1, 0.15) is 0 Å². The minimum absolute atomic E-state index is 0.0811. The molecule has 0 unspecified atom stereocenters. The molecule has 3 amide bonds. The molecule has 5 aliphatic rings. The summed E-state index contributed by atoms with van der Waals surface area (Å²) < 4.78 is 0. The second-order valence-electron chi connectivity index (χ2n) is 7.76. The number of rotatable bonds is 4. The van der Waals surface area contributed by atoms with Gasteiger partial charge in [-0.3, -0.25) is 19.3 Å². The van der Waals surface area contributed by atoms with Crippen LogP contribution >= 0.6 is 11.6 Å². The summed E-state index contributed by atoms with van der Waals surface area (Å²) in [5.41, 5.74) is 0.536. The van der Waals surface area contributed by atoms with E-state index in [0.29, 0.717) is 22.5 Å². The summed E-state index contributed by atoms with van der Waals surface area (Å²) in [6, 6.07) is 6.99. The lowest BCUT2D eigenvalue weighted by Gasteiger charge is -2.37. The number of likely N-dealkylation sites (tertiary alicyclic amines) is 1. The molecule has 0 aromatic heterocycles. The van der Waals surface area contributed by atoms with E-state index in [0.717, 1.165) is 6.42 Å². The zero-order valence-electron chi connectivity index (χ0n) is 14.1. The fourth-order valence-corrected chi connectivity index (χ4v) is 5.41. The molecule has 1 aliphatic heterocycles. The van der Waals surface area contributed by atoms with Crippen LogP contribution in [0, 0.1) is 35.5 Å². The average molecular weight is 371 g/mol. The van der Waals surface area contributed by atoms with Crippen molar-refractivity contribution >= 4 is 35.0 Å². The zero-order valence-corrected chi connectivity index (χ0v) is 14.9. The number of carbonyl (C=O) groups excluding carboxylic acids is 3. The summed E-state index contributed by atoms with van der Waals surface area (Å²) in [4.78, 5) is 39.2. The number of carbonyl (C=O) groups is 3. The molecule has 26 heavy (non-hydrogen) atoms. The van der Waals surface area contributed by atoms with E-state index in [1.54, 1.807) is 24.3 Å². The van der Waals surface area contributed by atoms with Gasteiger partial charge in [0.2, 0.25) is 17.7 Å². The molecule has 0 spiro atoms. The number of para-hydroxylation sites is 1. The van der Waals surface area contributed by atoms with Gasteiger partial charge < -0.3 is 5.32 Å². The number of hydrogen-bond acceptors (Lipinski definition) is 3. The van der Waals surface area contributed by atoms with E-state index in [1.165, 1.54) is 4.90 Å². The van der Waals surface area contributed by atoms with Crippen molar-refractivity contribution in [1.82, 2.24) is 4.90 Å². The van der Waals surface area contributed by atoms with Crippen LogP contribution in [0.4, 0.5) is 5.69 Å². The lowest BCUT2D eigenvalue weighted by Crippen LogP contribution is -2.40. The van der Waals surface area contributed by atoms with Crippen LogP contribution in [-0.4, -0.2) is 29.2 Å². The molecule has 6 atom stereocenters. The molecule has 6 heteroatoms. The van der Waals surface area contributed by atoms with E-state index >= 15 is 0 Å². The molecule has 0 radical (unpaired) electrons. The number of nitrogens with zero attached hydrogens (tertiary/aromatic N) is 1. The molecule has 1 saturated heterocycles. The molecule has 6 rings (SSSR count). The van der Waals surface area contributed by atoms with Crippen molar-refractivity contribution in [3.05, 3.63) is 41.4 Å². The Hall–Kier alpha value is -2.14. The minimum atomic E-state index is -0.252. The van der Waals surface area contributed by atoms with Crippen LogP contribution in [0.25, 0.3) is 0 Å². The standard InChI is InChI=1S/C20H19ClN2O3/c21-14-3-1-2-4-15(14)22-16(24)7-8-23-19(25)17-10-5-6-11(13-9-12(10)13)18(17)20(23)26/h1-6,10-13,17-18H,7-9H2,(H,22,24)/t10-,11-,12-,13-,17-,18+/m0/s1. The lowest BCUT2D eigenvalue weighted by molar-refractivity contribution is -0.140. The van der Waals surface area contributed by atoms with Gasteiger partial charge in [-0.05, 0) is 42.2 Å². The topological polar surface area (TPSA) is 66.5 Å². The first-order valence-electron chi connectivity index (χ1n) is 9.14. The number of halogens is 1. The maximum atomic E-state index is 12.8. The van der Waals surface area contributed by atoms with Crippen molar-refractivity contribution in [3.63, 3.8) is 0 Å². The molecule has 4 aliphatic carbocycles. The second-order valence-corrected chi connectivity index (χ2v) is 8.17. The molecule has 1 aromatic carbocycles. The maximum Gasteiger partial charge on any atom is 0.233 e. The van der Waals surface area contributed by atoms with Crippen molar-refractivity contribution in [2.45, 2.75) is 12.8 Å². The Morgan fingerprint density at radius 2 is 1.69 bits per heavy atom. The van der Waals surface area contributed by atoms with Crippen molar-refractivity contribution in [2.75, 3.05) is 11.9 Å². The molecular weight excluding hydrogens is 352 g/mol. The van der Waals surface area contributed by atoms with E-state index in [9.17, 15) is 14.4 Å². The fraction of sp³-hybridized carbons (Fsp3) is 0.450. The molecule has 2 saturated carbocycles. The highest BCUT2D eigenvalue weighted by molar-refractivity contribution is 6.33. The van der Waals surface area contributed by atoms with Crippen LogP contribution in [0.2, 0.25) is 5.02 Å². The summed E-state index contributed by atoms with van der Waals surface area (Å²) in [5, 5.41) is 3.20. The zero-order chi connectivity index (χ0) is 18.0. The summed E-state index contributed by atoms with van der Waals surface area (Å²) >= 11 is 6.04. The molecule has 1 N–H and O–H groups in total. The Balaban J connectivity index is 1.26. The Labute approximate surface area is 156 Å². The summed E-state index contributed by atoms with van der Waals surface area (Å²) in [7, 11) is 0. The highest BCUT2D eigenvalue weighted by Crippen LogP contribution is 2.65. The van der Waals surface area contributed by atoms with E-state index in [2.05, 4.69) is 17.5 Å². The van der Waals surface area contributed by atoms with Gasteiger partial charge in [-0.1, -0.05) is 35.9 Å². The molecule has 3 fully saturated rings.